The summed E-state index contributed by atoms with van der Waals surface area (Å²) in [5.41, 5.74) is 13.9. The summed E-state index contributed by atoms with van der Waals surface area (Å²) in [6, 6.07) is 56.1. The molecule has 1 aliphatic carbocycles. The third-order valence-electron chi connectivity index (χ3n) is 10.8. The van der Waals surface area contributed by atoms with Gasteiger partial charge in [0.1, 0.15) is 0 Å². The van der Waals surface area contributed by atoms with E-state index in [4.69, 9.17) is 0 Å². The summed E-state index contributed by atoms with van der Waals surface area (Å²) in [4.78, 5) is 4.73. The highest BCUT2D eigenvalue weighted by molar-refractivity contribution is 5.78. The summed E-state index contributed by atoms with van der Waals surface area (Å²) in [7, 11) is 0. The molecule has 1 fully saturated rings. The number of aryl methyl sites for hydroxylation is 3. The number of hydrogen-bond donors (Lipinski definition) is 0. The molecular formula is C47H48N2. The first-order chi connectivity index (χ1) is 23.8. The number of benzene rings is 6. The van der Waals surface area contributed by atoms with Gasteiger partial charge in [-0.2, -0.15) is 0 Å². The maximum Gasteiger partial charge on any atom is 0.0461 e. The van der Waals surface area contributed by atoms with Gasteiger partial charge < -0.3 is 9.80 Å². The fourth-order valence-electron chi connectivity index (χ4n) is 7.97. The van der Waals surface area contributed by atoms with Gasteiger partial charge in [0.05, 0.1) is 0 Å². The van der Waals surface area contributed by atoms with E-state index in [2.05, 4.69) is 196 Å². The maximum absolute atomic E-state index is 2.50. The van der Waals surface area contributed by atoms with Crippen molar-refractivity contribution in [1.82, 2.24) is 0 Å². The molecule has 0 amide bonds. The van der Waals surface area contributed by atoms with Gasteiger partial charge in [0.25, 0.3) is 0 Å². The predicted molar refractivity (Wildman–Crippen MR) is 210 cm³/mol. The van der Waals surface area contributed by atoms with Gasteiger partial charge >= 0.3 is 0 Å². The molecule has 49 heavy (non-hydrogen) atoms. The number of rotatable bonds is 8. The van der Waals surface area contributed by atoms with Gasteiger partial charge in [0.2, 0.25) is 0 Å². The minimum absolute atomic E-state index is 0.116. The molecule has 2 unspecified atom stereocenters. The van der Waals surface area contributed by atoms with Crippen LogP contribution < -0.4 is 9.80 Å². The normalized spacial score (nSPS) is 17.0. The SMILES string of the molecule is Cc1ccc(N(c2ccccc2)c2ccc(C3CCCC(c4ccc(N(c5ccc(C)cc5)c5ccc(C)cc5)cc4)C3(C)C)cc2)cc1. The van der Waals surface area contributed by atoms with Crippen LogP contribution in [-0.4, -0.2) is 0 Å². The second-order valence-corrected chi connectivity index (χ2v) is 14.6. The molecule has 0 saturated heterocycles. The van der Waals surface area contributed by atoms with Crippen molar-refractivity contribution in [3.05, 3.63) is 179 Å². The topological polar surface area (TPSA) is 6.48 Å². The third-order valence-corrected chi connectivity index (χ3v) is 10.8. The summed E-state index contributed by atoms with van der Waals surface area (Å²) in [6.45, 7) is 11.4. The monoisotopic (exact) mass is 640 g/mol. The minimum atomic E-state index is 0.116. The quantitative estimate of drug-likeness (QED) is 0.163. The van der Waals surface area contributed by atoms with E-state index < -0.39 is 0 Å². The zero-order valence-corrected chi connectivity index (χ0v) is 29.6. The van der Waals surface area contributed by atoms with Crippen molar-refractivity contribution in [3.8, 4) is 0 Å². The van der Waals surface area contributed by atoms with E-state index in [-0.39, 0.29) is 5.41 Å². The average molecular weight is 641 g/mol. The number of nitrogens with zero attached hydrogens (tertiary/aromatic N) is 2. The molecule has 1 aliphatic rings. The van der Waals surface area contributed by atoms with Gasteiger partial charge in [-0.05, 0) is 135 Å². The predicted octanol–water partition coefficient (Wildman–Crippen LogP) is 13.6. The Hall–Kier alpha value is -5.08. The van der Waals surface area contributed by atoms with Crippen LogP contribution in [0.2, 0.25) is 0 Å². The fourth-order valence-corrected chi connectivity index (χ4v) is 7.97. The molecule has 2 atom stereocenters. The van der Waals surface area contributed by atoms with Crippen molar-refractivity contribution in [1.29, 1.82) is 0 Å². The molecule has 6 aromatic rings. The zero-order chi connectivity index (χ0) is 34.0. The summed E-state index contributed by atoms with van der Waals surface area (Å²) in [5, 5.41) is 0. The smallest absolute Gasteiger partial charge is 0.0461 e. The highest BCUT2D eigenvalue weighted by Gasteiger charge is 2.41. The van der Waals surface area contributed by atoms with Crippen LogP contribution >= 0.6 is 0 Å². The molecule has 246 valence electrons. The van der Waals surface area contributed by atoms with Crippen LogP contribution in [0.1, 0.15) is 72.8 Å². The lowest BCUT2D eigenvalue weighted by Gasteiger charge is -2.46. The second kappa shape index (κ2) is 13.8. The van der Waals surface area contributed by atoms with E-state index >= 15 is 0 Å². The van der Waals surface area contributed by atoms with Crippen LogP contribution in [0.3, 0.4) is 0 Å². The summed E-state index contributed by atoms with van der Waals surface area (Å²) in [6.07, 6.45) is 3.67. The summed E-state index contributed by atoms with van der Waals surface area (Å²) >= 11 is 0. The molecule has 0 bridgehead atoms. The molecule has 0 heterocycles. The Balaban J connectivity index is 1.16. The number of anilines is 6. The molecule has 0 radical (unpaired) electrons. The lowest BCUT2D eigenvalue weighted by Crippen LogP contribution is -2.33. The first kappa shape index (κ1) is 32.5. The van der Waals surface area contributed by atoms with E-state index in [9.17, 15) is 0 Å². The zero-order valence-electron chi connectivity index (χ0n) is 29.6. The average Bonchev–Trinajstić information content (AvgIpc) is 3.12. The van der Waals surface area contributed by atoms with Crippen LogP contribution in [-0.2, 0) is 0 Å². The van der Waals surface area contributed by atoms with Gasteiger partial charge in [0, 0.05) is 34.1 Å². The maximum atomic E-state index is 2.50. The van der Waals surface area contributed by atoms with Crippen LogP contribution in [0.15, 0.2) is 152 Å². The van der Waals surface area contributed by atoms with Gasteiger partial charge in [-0.15, -0.1) is 0 Å². The molecule has 0 aromatic heterocycles. The van der Waals surface area contributed by atoms with Gasteiger partial charge in [-0.1, -0.05) is 116 Å². The van der Waals surface area contributed by atoms with Crippen molar-refractivity contribution < 1.29 is 0 Å². The molecule has 2 nitrogen and oxygen atoms in total. The Morgan fingerprint density at radius 2 is 0.673 bits per heavy atom. The van der Waals surface area contributed by atoms with Gasteiger partial charge in [-0.3, -0.25) is 0 Å². The number of hydrogen-bond acceptors (Lipinski definition) is 2. The Kier molecular flexibility index (Phi) is 9.15. The Labute approximate surface area is 293 Å². The van der Waals surface area contributed by atoms with E-state index in [0.717, 1.165) is 0 Å². The Morgan fingerprint density at radius 3 is 1.00 bits per heavy atom. The Bertz CT molecular complexity index is 1910. The highest BCUT2D eigenvalue weighted by atomic mass is 15.1. The Morgan fingerprint density at radius 1 is 0.388 bits per heavy atom. The van der Waals surface area contributed by atoms with Crippen molar-refractivity contribution in [2.24, 2.45) is 5.41 Å². The molecule has 2 heteroatoms. The van der Waals surface area contributed by atoms with Gasteiger partial charge in [0.15, 0.2) is 0 Å². The number of para-hydroxylation sites is 1. The van der Waals surface area contributed by atoms with Gasteiger partial charge in [-0.25, -0.2) is 0 Å². The largest absolute Gasteiger partial charge is 0.311 e. The molecule has 0 aliphatic heterocycles. The molecule has 1 saturated carbocycles. The summed E-state index contributed by atoms with van der Waals surface area (Å²) in [5.74, 6) is 0.974. The van der Waals surface area contributed by atoms with Crippen molar-refractivity contribution in [2.45, 2.75) is 65.7 Å². The lowest BCUT2D eigenvalue weighted by atomic mass is 9.58. The second-order valence-electron chi connectivity index (χ2n) is 14.6. The van der Waals surface area contributed by atoms with Crippen LogP contribution in [0.25, 0.3) is 0 Å². The molecule has 0 spiro atoms. The van der Waals surface area contributed by atoms with E-state index in [1.165, 1.54) is 81.2 Å². The van der Waals surface area contributed by atoms with E-state index in [1.54, 1.807) is 0 Å². The lowest BCUT2D eigenvalue weighted by molar-refractivity contribution is 0.160. The highest BCUT2D eigenvalue weighted by Crippen LogP contribution is 2.55. The van der Waals surface area contributed by atoms with Crippen molar-refractivity contribution >= 4 is 34.1 Å². The van der Waals surface area contributed by atoms with Crippen molar-refractivity contribution in [2.75, 3.05) is 9.80 Å². The first-order valence-electron chi connectivity index (χ1n) is 17.8. The minimum Gasteiger partial charge on any atom is -0.311 e. The van der Waals surface area contributed by atoms with Crippen LogP contribution in [0.4, 0.5) is 34.1 Å². The fraction of sp³-hybridized carbons (Fsp3) is 0.234. The standard InChI is InChI=1S/C47H48N2/c1-34-14-24-40(25-15-34)48(39-10-7-6-8-11-39)43-30-20-37(21-31-43)45-12-9-13-46(47(45,4)5)38-22-32-44(33-23-38)49(41-26-16-35(2)17-27-41)42-28-18-36(3)19-29-42/h6-8,10-11,14-33,45-46H,9,12-13H2,1-5H3. The van der Waals surface area contributed by atoms with Crippen LogP contribution in [0, 0.1) is 26.2 Å². The van der Waals surface area contributed by atoms with Crippen molar-refractivity contribution in [3.63, 3.8) is 0 Å². The molecule has 0 N–H and O–H groups in total. The van der Waals surface area contributed by atoms with Crippen LogP contribution in [0.5, 0.6) is 0 Å². The summed E-state index contributed by atoms with van der Waals surface area (Å²) < 4.78 is 0. The van der Waals surface area contributed by atoms with E-state index in [0.29, 0.717) is 11.8 Å². The third kappa shape index (κ3) is 6.78. The molecular weight excluding hydrogens is 593 g/mol. The van der Waals surface area contributed by atoms with E-state index in [1.807, 2.05) is 0 Å². The molecule has 7 rings (SSSR count). The first-order valence-corrected chi connectivity index (χ1v) is 17.8. The molecule has 6 aromatic carbocycles.